The van der Waals surface area contributed by atoms with Crippen LogP contribution in [0.5, 0.6) is 11.5 Å². The largest absolute Gasteiger partial charge is 0.490 e. The van der Waals surface area contributed by atoms with Crippen LogP contribution in [0.2, 0.25) is 0 Å². The normalized spacial score (nSPS) is 20.1. The Hall–Kier alpha value is -5.10. The van der Waals surface area contributed by atoms with Crippen molar-refractivity contribution in [3.63, 3.8) is 0 Å². The van der Waals surface area contributed by atoms with Crippen LogP contribution in [0.1, 0.15) is 161 Å². The van der Waals surface area contributed by atoms with Gasteiger partial charge in [0.25, 0.3) is 0 Å². The highest BCUT2D eigenvalue weighted by Crippen LogP contribution is 2.38. The molecule has 0 spiro atoms. The van der Waals surface area contributed by atoms with E-state index in [0.717, 1.165) is 11.8 Å². The third-order valence-corrected chi connectivity index (χ3v) is 12.9. The van der Waals surface area contributed by atoms with Crippen LogP contribution in [-0.4, -0.2) is 25.2 Å². The lowest BCUT2D eigenvalue weighted by Gasteiger charge is -2.28. The quantitative estimate of drug-likeness (QED) is 0.0421. The van der Waals surface area contributed by atoms with Gasteiger partial charge in [0.2, 0.25) is 0 Å². The summed E-state index contributed by atoms with van der Waals surface area (Å²) in [5, 5.41) is 0. The zero-order valence-corrected chi connectivity index (χ0v) is 37.3. The van der Waals surface area contributed by atoms with E-state index in [1.165, 1.54) is 103 Å². The summed E-state index contributed by atoms with van der Waals surface area (Å²) in [6.07, 6.45) is 28.2. The summed E-state index contributed by atoms with van der Waals surface area (Å²) in [4.78, 5) is 27.6. The molecule has 62 heavy (non-hydrogen) atoms. The number of carbonyl (C=O) groups excluding carboxylic acids is 2. The number of carbonyl (C=O) groups is 2. The Morgan fingerprint density at radius 3 is 1.23 bits per heavy atom. The number of rotatable bonds is 23. The summed E-state index contributed by atoms with van der Waals surface area (Å²) >= 11 is 0. The molecule has 0 unspecified atom stereocenters. The van der Waals surface area contributed by atoms with Crippen molar-refractivity contribution < 1.29 is 28.5 Å². The molecule has 0 radical (unpaired) electrons. The van der Waals surface area contributed by atoms with Gasteiger partial charge in [-0.25, -0.2) is 9.59 Å². The maximum absolute atomic E-state index is 13.8. The fraction of sp³-hybridized carbons (Fsp3) is 0.464. The smallest absolute Gasteiger partial charge is 0.338 e. The third-order valence-electron chi connectivity index (χ3n) is 12.9. The van der Waals surface area contributed by atoms with Crippen molar-refractivity contribution in [3.8, 4) is 11.5 Å². The van der Waals surface area contributed by atoms with Crippen LogP contribution in [-0.2, 0) is 9.47 Å². The van der Waals surface area contributed by atoms with E-state index in [-0.39, 0.29) is 0 Å². The number of allylic oxidation sites excluding steroid dienone is 2. The third kappa shape index (κ3) is 15.1. The Balaban J connectivity index is 1.03. The van der Waals surface area contributed by atoms with Crippen molar-refractivity contribution in [3.05, 3.63) is 156 Å². The molecule has 6 nitrogen and oxygen atoms in total. The van der Waals surface area contributed by atoms with Gasteiger partial charge in [0, 0.05) is 0 Å². The van der Waals surface area contributed by atoms with E-state index in [9.17, 15) is 9.59 Å². The van der Waals surface area contributed by atoms with E-state index in [2.05, 4.69) is 38.2 Å². The van der Waals surface area contributed by atoms with Crippen LogP contribution in [0.15, 0.2) is 133 Å². The predicted molar refractivity (Wildman–Crippen MR) is 251 cm³/mol. The lowest BCUT2D eigenvalue weighted by Crippen LogP contribution is -2.23. The fourth-order valence-electron chi connectivity index (χ4n) is 9.13. The van der Waals surface area contributed by atoms with Gasteiger partial charge in [-0.1, -0.05) is 150 Å². The van der Waals surface area contributed by atoms with Gasteiger partial charge in [-0.15, -0.1) is 0 Å². The monoisotopic (exact) mass is 839 g/mol. The summed E-state index contributed by atoms with van der Waals surface area (Å²) in [6.45, 7) is 5.50. The molecule has 0 saturated heterocycles. The molecule has 6 rings (SSSR count). The minimum absolute atomic E-state index is 0.373. The van der Waals surface area contributed by atoms with Crippen molar-refractivity contribution in [1.82, 2.24) is 0 Å². The maximum Gasteiger partial charge on any atom is 0.338 e. The van der Waals surface area contributed by atoms with Crippen LogP contribution in [0, 0.1) is 23.7 Å². The molecule has 0 heterocycles. The van der Waals surface area contributed by atoms with E-state index in [1.807, 2.05) is 60.7 Å². The SMILES string of the molecule is CCCCCC1CCC(/C=C/COc2ccc(C(=O)O[C@H](c3ccccc3)[C@H](OC(=O)c3ccc(OC/C=C/C4CCC(CCCCC)CC4)cc3)c3ccccc3)cc2)CC1. The van der Waals surface area contributed by atoms with E-state index >= 15 is 0 Å². The molecule has 0 aromatic heterocycles. The van der Waals surface area contributed by atoms with Crippen molar-refractivity contribution in [1.29, 1.82) is 0 Å². The summed E-state index contributed by atoms with van der Waals surface area (Å²) in [7, 11) is 0. The zero-order chi connectivity index (χ0) is 43.2. The van der Waals surface area contributed by atoms with Gasteiger partial charge in [-0.05, 0) is 135 Å². The summed E-state index contributed by atoms with van der Waals surface area (Å²) in [6, 6.07) is 32.9. The predicted octanol–water partition coefficient (Wildman–Crippen LogP) is 14.8. The lowest BCUT2D eigenvalue weighted by atomic mass is 9.79. The van der Waals surface area contributed by atoms with Gasteiger partial charge in [0.1, 0.15) is 24.7 Å². The van der Waals surface area contributed by atoms with Crippen molar-refractivity contribution in [2.24, 2.45) is 23.7 Å². The van der Waals surface area contributed by atoms with Crippen LogP contribution >= 0.6 is 0 Å². The zero-order valence-electron chi connectivity index (χ0n) is 37.3. The van der Waals surface area contributed by atoms with Crippen LogP contribution in [0.25, 0.3) is 0 Å². The molecule has 0 aliphatic heterocycles. The first-order chi connectivity index (χ1) is 30.5. The highest BCUT2D eigenvalue weighted by molar-refractivity contribution is 5.90. The first kappa shape index (κ1) is 46.4. The number of unbranched alkanes of at least 4 members (excludes halogenated alkanes) is 4. The van der Waals surface area contributed by atoms with E-state index in [1.54, 1.807) is 48.5 Å². The Morgan fingerprint density at radius 1 is 0.500 bits per heavy atom. The summed E-state index contributed by atoms with van der Waals surface area (Å²) in [5.41, 5.74) is 2.16. The summed E-state index contributed by atoms with van der Waals surface area (Å²) < 4.78 is 24.6. The first-order valence-electron chi connectivity index (χ1n) is 23.8. The second-order valence-electron chi connectivity index (χ2n) is 17.6. The highest BCUT2D eigenvalue weighted by Gasteiger charge is 2.33. The molecule has 330 valence electrons. The Morgan fingerprint density at radius 2 is 0.871 bits per heavy atom. The molecule has 2 atom stereocenters. The molecule has 0 amide bonds. The molecule has 2 aliphatic rings. The molecule has 0 N–H and O–H groups in total. The minimum atomic E-state index is -0.923. The Labute approximate surface area is 372 Å². The van der Waals surface area contributed by atoms with Crippen molar-refractivity contribution in [2.45, 2.75) is 129 Å². The molecule has 2 aliphatic carbocycles. The maximum atomic E-state index is 13.8. The number of ether oxygens (including phenoxy) is 4. The van der Waals surface area contributed by atoms with E-state index in [0.29, 0.717) is 58.8 Å². The second kappa shape index (κ2) is 25.7. The van der Waals surface area contributed by atoms with Gasteiger partial charge in [-0.3, -0.25) is 0 Å². The molecule has 0 bridgehead atoms. The average molecular weight is 839 g/mol. The molecule has 4 aromatic carbocycles. The topological polar surface area (TPSA) is 71.1 Å². The molecular formula is C56H70O6. The number of hydrogen-bond donors (Lipinski definition) is 0. The summed E-state index contributed by atoms with van der Waals surface area (Å²) in [5.74, 6) is 3.36. The Kier molecular flexibility index (Phi) is 19.3. The van der Waals surface area contributed by atoms with Gasteiger partial charge >= 0.3 is 11.9 Å². The van der Waals surface area contributed by atoms with Crippen molar-refractivity contribution in [2.75, 3.05) is 13.2 Å². The number of esters is 2. The average Bonchev–Trinajstić information content (AvgIpc) is 3.32. The van der Waals surface area contributed by atoms with Gasteiger partial charge in [-0.2, -0.15) is 0 Å². The van der Waals surface area contributed by atoms with Gasteiger partial charge in [0.15, 0.2) is 12.2 Å². The van der Waals surface area contributed by atoms with Gasteiger partial charge < -0.3 is 18.9 Å². The molecule has 4 aromatic rings. The fourth-order valence-corrected chi connectivity index (χ4v) is 9.13. The van der Waals surface area contributed by atoms with Crippen molar-refractivity contribution >= 4 is 11.9 Å². The lowest BCUT2D eigenvalue weighted by molar-refractivity contribution is -0.0388. The number of hydrogen-bond acceptors (Lipinski definition) is 6. The van der Waals surface area contributed by atoms with Gasteiger partial charge in [0.05, 0.1) is 11.1 Å². The molecule has 6 heteroatoms. The standard InChI is InChI=1S/C56H70O6/c1-3-5-9-17-43-25-29-45(30-26-43)19-15-41-59-51-37-33-49(34-38-51)55(57)61-53(47-21-11-7-12-22-47)54(48-23-13-8-14-24-48)62-56(58)50-35-39-52(40-36-50)60-42-16-20-46-31-27-44(28-32-46)18-10-6-4-2/h7-8,11-16,19-24,33-40,43-46,53-54H,3-6,9-10,17-18,25-32,41-42H2,1-2H3/b19-15+,20-16+/t43?,44?,45?,46?,53-,54-/m1/s1. The second-order valence-corrected chi connectivity index (χ2v) is 17.6. The van der Waals surface area contributed by atoms with E-state index in [4.69, 9.17) is 18.9 Å². The van der Waals surface area contributed by atoms with Crippen LogP contribution < -0.4 is 9.47 Å². The van der Waals surface area contributed by atoms with Crippen LogP contribution in [0.3, 0.4) is 0 Å². The highest BCUT2D eigenvalue weighted by atomic mass is 16.6. The van der Waals surface area contributed by atoms with E-state index < -0.39 is 24.1 Å². The number of benzene rings is 4. The van der Waals surface area contributed by atoms with Crippen LogP contribution in [0.4, 0.5) is 0 Å². The Bertz CT molecular complexity index is 1780. The molecular weight excluding hydrogens is 769 g/mol. The molecule has 2 saturated carbocycles. The molecule has 2 fully saturated rings. The first-order valence-corrected chi connectivity index (χ1v) is 23.8. The minimum Gasteiger partial charge on any atom is -0.490 e.